The Morgan fingerprint density at radius 2 is 1.96 bits per heavy atom. The highest BCUT2D eigenvalue weighted by atomic mass is 32.2. The molecule has 0 aliphatic heterocycles. The van der Waals surface area contributed by atoms with Gasteiger partial charge in [-0.2, -0.15) is 9.41 Å². The molecule has 0 atom stereocenters. The van der Waals surface area contributed by atoms with E-state index in [1.54, 1.807) is 25.3 Å². The Kier molecular flexibility index (Phi) is 7.61. The maximum absolute atomic E-state index is 12.2. The molecule has 0 radical (unpaired) electrons. The minimum atomic E-state index is -3.47. The Balaban J connectivity index is 2.00. The Hall–Kier alpha value is -2.13. The van der Waals surface area contributed by atoms with Gasteiger partial charge in [-0.3, -0.25) is 4.79 Å². The average Bonchev–Trinajstić information content (AvgIpc) is 2.66. The van der Waals surface area contributed by atoms with Crippen LogP contribution in [0.25, 0.3) is 0 Å². The molecule has 1 N–H and O–H groups in total. The molecule has 0 aromatic heterocycles. The fourth-order valence-corrected chi connectivity index (χ4v) is 4.27. The molecule has 1 saturated carbocycles. The molecule has 27 heavy (non-hydrogen) atoms. The molecular weight excluding hydrogens is 370 g/mol. The molecule has 2 rings (SSSR count). The van der Waals surface area contributed by atoms with E-state index in [0.29, 0.717) is 17.1 Å². The maximum Gasteiger partial charge on any atom is 0.255 e. The van der Waals surface area contributed by atoms with Crippen molar-refractivity contribution in [3.8, 4) is 11.5 Å². The number of nitrogens with zero attached hydrogens (tertiary/aromatic N) is 2. The first kappa shape index (κ1) is 21.2. The number of amides is 1. The molecule has 0 bridgehead atoms. The summed E-state index contributed by atoms with van der Waals surface area (Å²) in [5.74, 6) is 0.714. The van der Waals surface area contributed by atoms with Crippen LogP contribution in [0, 0.1) is 0 Å². The summed E-state index contributed by atoms with van der Waals surface area (Å²) in [5, 5.41) is 3.92. The lowest BCUT2D eigenvalue weighted by atomic mass is 9.95. The van der Waals surface area contributed by atoms with Crippen LogP contribution in [0.3, 0.4) is 0 Å². The lowest BCUT2D eigenvalue weighted by Crippen LogP contribution is -2.45. The first-order valence-corrected chi connectivity index (χ1v) is 10.7. The zero-order valence-electron chi connectivity index (χ0n) is 16.0. The second-order valence-corrected chi connectivity index (χ2v) is 8.44. The van der Waals surface area contributed by atoms with Crippen molar-refractivity contribution in [2.45, 2.75) is 38.1 Å². The van der Waals surface area contributed by atoms with Gasteiger partial charge in [-0.1, -0.05) is 19.3 Å². The van der Waals surface area contributed by atoms with Crippen molar-refractivity contribution in [2.75, 3.05) is 27.0 Å². The molecule has 1 aromatic rings. The molecule has 1 amide bonds. The monoisotopic (exact) mass is 397 g/mol. The van der Waals surface area contributed by atoms with Gasteiger partial charge in [0.2, 0.25) is 10.0 Å². The summed E-state index contributed by atoms with van der Waals surface area (Å²) in [4.78, 5) is 12.2. The van der Waals surface area contributed by atoms with E-state index in [-0.39, 0.29) is 12.6 Å². The van der Waals surface area contributed by atoms with Gasteiger partial charge in [-0.05, 0) is 25.0 Å². The summed E-state index contributed by atoms with van der Waals surface area (Å²) in [6.45, 7) is -0.236. The largest absolute Gasteiger partial charge is 0.497 e. The number of sulfonamides is 1. The topological polar surface area (TPSA) is 97.3 Å². The van der Waals surface area contributed by atoms with E-state index in [1.807, 2.05) is 0 Å². The van der Waals surface area contributed by atoms with E-state index in [2.05, 4.69) is 10.5 Å². The normalized spacial score (nSPS) is 15.9. The maximum atomic E-state index is 12.2. The smallest absolute Gasteiger partial charge is 0.255 e. The summed E-state index contributed by atoms with van der Waals surface area (Å²) in [5.41, 5.74) is 3.05. The fourth-order valence-electron chi connectivity index (χ4n) is 3.16. The standard InChI is InChI=1S/C18H27N3O5S/c1-25-16-10-9-14(17(11-16)26-2)12-19-20-18(22)13-21(27(3,23)24)15-7-5-4-6-8-15/h9-12,15H,4-8,13H2,1-3H3,(H,20,22). The van der Waals surface area contributed by atoms with Crippen molar-refractivity contribution in [2.24, 2.45) is 5.10 Å². The van der Waals surface area contributed by atoms with Crippen LogP contribution in [0.1, 0.15) is 37.7 Å². The van der Waals surface area contributed by atoms with Gasteiger partial charge < -0.3 is 9.47 Å². The van der Waals surface area contributed by atoms with Crippen LogP contribution >= 0.6 is 0 Å². The molecule has 0 spiro atoms. The van der Waals surface area contributed by atoms with Crippen molar-refractivity contribution in [3.05, 3.63) is 23.8 Å². The Morgan fingerprint density at radius 3 is 2.56 bits per heavy atom. The molecule has 1 aromatic carbocycles. The van der Waals surface area contributed by atoms with E-state index >= 15 is 0 Å². The van der Waals surface area contributed by atoms with Crippen LogP contribution in [0.4, 0.5) is 0 Å². The molecule has 0 saturated heterocycles. The van der Waals surface area contributed by atoms with Crippen molar-refractivity contribution < 1.29 is 22.7 Å². The van der Waals surface area contributed by atoms with Gasteiger partial charge >= 0.3 is 0 Å². The second kappa shape index (κ2) is 9.70. The predicted molar refractivity (Wildman–Crippen MR) is 104 cm³/mol. The number of nitrogens with one attached hydrogen (secondary N) is 1. The zero-order valence-corrected chi connectivity index (χ0v) is 16.8. The summed E-state index contributed by atoms with van der Waals surface area (Å²) >= 11 is 0. The summed E-state index contributed by atoms with van der Waals surface area (Å²) in [7, 11) is -0.384. The van der Waals surface area contributed by atoms with Gasteiger partial charge in [0.1, 0.15) is 11.5 Å². The zero-order chi connectivity index (χ0) is 19.9. The quantitative estimate of drug-likeness (QED) is 0.532. The minimum absolute atomic E-state index is 0.120. The molecule has 150 valence electrons. The third-order valence-corrected chi connectivity index (χ3v) is 5.82. The highest BCUT2D eigenvalue weighted by Gasteiger charge is 2.29. The van der Waals surface area contributed by atoms with Crippen LogP contribution in [-0.2, 0) is 14.8 Å². The number of rotatable bonds is 8. The minimum Gasteiger partial charge on any atom is -0.497 e. The molecule has 0 heterocycles. The highest BCUT2D eigenvalue weighted by Crippen LogP contribution is 2.24. The van der Waals surface area contributed by atoms with E-state index in [4.69, 9.17) is 9.47 Å². The number of ether oxygens (including phenoxy) is 2. The third-order valence-electron chi connectivity index (χ3n) is 4.54. The lowest BCUT2D eigenvalue weighted by molar-refractivity contribution is -0.121. The van der Waals surface area contributed by atoms with Gasteiger partial charge in [0.25, 0.3) is 5.91 Å². The van der Waals surface area contributed by atoms with Crippen LogP contribution < -0.4 is 14.9 Å². The molecule has 1 fully saturated rings. The molecule has 8 nitrogen and oxygen atoms in total. The number of carbonyl (C=O) groups excluding carboxylic acids is 1. The number of methoxy groups -OCH3 is 2. The number of hydrogen-bond donors (Lipinski definition) is 1. The highest BCUT2D eigenvalue weighted by molar-refractivity contribution is 7.88. The van der Waals surface area contributed by atoms with E-state index in [9.17, 15) is 13.2 Å². The number of hydrogen-bond acceptors (Lipinski definition) is 6. The summed E-state index contributed by atoms with van der Waals surface area (Å²) in [6, 6.07) is 5.08. The molecule has 1 aliphatic rings. The van der Waals surface area contributed by atoms with Gasteiger partial charge in [-0.25, -0.2) is 13.8 Å². The van der Waals surface area contributed by atoms with Gasteiger partial charge in [0, 0.05) is 17.7 Å². The average molecular weight is 397 g/mol. The number of hydrazone groups is 1. The molecule has 0 unspecified atom stereocenters. The van der Waals surface area contributed by atoms with Gasteiger partial charge in [0.05, 0.1) is 33.2 Å². The predicted octanol–water partition coefficient (Wildman–Crippen LogP) is 1.75. The molecule has 1 aliphatic carbocycles. The van der Waals surface area contributed by atoms with Crippen molar-refractivity contribution in [3.63, 3.8) is 0 Å². The Morgan fingerprint density at radius 1 is 1.26 bits per heavy atom. The Labute approximate surface area is 160 Å². The van der Waals surface area contributed by atoms with E-state index in [0.717, 1.165) is 38.4 Å². The lowest BCUT2D eigenvalue weighted by Gasteiger charge is -2.31. The van der Waals surface area contributed by atoms with Crippen molar-refractivity contribution >= 4 is 22.1 Å². The fraction of sp³-hybridized carbons (Fsp3) is 0.556. The van der Waals surface area contributed by atoms with Gasteiger partial charge in [-0.15, -0.1) is 0 Å². The van der Waals surface area contributed by atoms with Crippen molar-refractivity contribution in [1.82, 2.24) is 9.73 Å². The Bertz CT molecular complexity index is 773. The summed E-state index contributed by atoms with van der Waals surface area (Å²) in [6.07, 6.45) is 7.22. The molecular formula is C18H27N3O5S. The number of benzene rings is 1. The van der Waals surface area contributed by atoms with E-state index in [1.165, 1.54) is 17.6 Å². The van der Waals surface area contributed by atoms with Crippen LogP contribution in [-0.4, -0.2) is 57.9 Å². The van der Waals surface area contributed by atoms with Crippen LogP contribution in [0.15, 0.2) is 23.3 Å². The van der Waals surface area contributed by atoms with Crippen LogP contribution in [0.5, 0.6) is 11.5 Å². The van der Waals surface area contributed by atoms with Gasteiger partial charge in [0.15, 0.2) is 0 Å². The first-order valence-electron chi connectivity index (χ1n) is 8.86. The SMILES string of the molecule is COc1ccc(C=NNC(=O)CN(C2CCCCC2)S(C)(=O)=O)c(OC)c1. The first-order chi connectivity index (χ1) is 12.8. The van der Waals surface area contributed by atoms with E-state index < -0.39 is 15.9 Å². The number of carbonyl (C=O) groups is 1. The van der Waals surface area contributed by atoms with Crippen molar-refractivity contribution in [1.29, 1.82) is 0 Å². The van der Waals surface area contributed by atoms with Crippen LogP contribution in [0.2, 0.25) is 0 Å². The second-order valence-electron chi connectivity index (χ2n) is 6.50. The third kappa shape index (κ3) is 6.21. The summed E-state index contributed by atoms with van der Waals surface area (Å²) < 4.78 is 35.8. The molecule has 9 heteroatoms.